The Morgan fingerprint density at radius 1 is 1.03 bits per heavy atom. The summed E-state index contributed by atoms with van der Waals surface area (Å²) in [4.78, 5) is 30.0. The van der Waals surface area contributed by atoms with Crippen LogP contribution in [0, 0.1) is 13.8 Å². The van der Waals surface area contributed by atoms with Crippen LogP contribution in [0.25, 0.3) is 5.82 Å². The van der Waals surface area contributed by atoms with Gasteiger partial charge in [0.1, 0.15) is 23.8 Å². The molecule has 3 aromatic rings. The molecule has 2 aromatic heterocycles. The molecule has 1 fully saturated rings. The van der Waals surface area contributed by atoms with E-state index in [0.717, 1.165) is 50.1 Å². The van der Waals surface area contributed by atoms with Gasteiger partial charge >= 0.3 is 0 Å². The van der Waals surface area contributed by atoms with Gasteiger partial charge in [0.05, 0.1) is 0 Å². The minimum atomic E-state index is 0.226. The van der Waals surface area contributed by atoms with Gasteiger partial charge in [0.15, 0.2) is 0 Å². The number of hydrogen-bond acceptors (Lipinski definition) is 5. The SMILES string of the molecule is Cc1cccc(CCC(=O)N2CCN(c3cc(-n4ccnc4)nc(C)n3)CC2)c1. The zero-order valence-corrected chi connectivity index (χ0v) is 17.0. The average Bonchev–Trinajstić information content (AvgIpc) is 3.27. The van der Waals surface area contributed by atoms with Crippen molar-refractivity contribution in [2.45, 2.75) is 26.7 Å². The normalized spacial score (nSPS) is 14.3. The van der Waals surface area contributed by atoms with Crippen LogP contribution < -0.4 is 4.90 Å². The molecule has 0 spiro atoms. The number of carbonyl (C=O) groups is 1. The average molecular weight is 390 g/mol. The van der Waals surface area contributed by atoms with E-state index in [1.54, 1.807) is 12.5 Å². The van der Waals surface area contributed by atoms with Crippen molar-refractivity contribution in [1.82, 2.24) is 24.4 Å². The number of aromatic nitrogens is 4. The quantitative estimate of drug-likeness (QED) is 0.670. The lowest BCUT2D eigenvalue weighted by molar-refractivity contribution is -0.131. The molecular formula is C22H26N6O. The summed E-state index contributed by atoms with van der Waals surface area (Å²) in [6.45, 7) is 6.96. The van der Waals surface area contributed by atoms with Crippen LogP contribution in [0.5, 0.6) is 0 Å². The summed E-state index contributed by atoms with van der Waals surface area (Å²) in [7, 11) is 0. The molecule has 4 rings (SSSR count). The van der Waals surface area contributed by atoms with Crippen LogP contribution in [0.1, 0.15) is 23.4 Å². The number of rotatable bonds is 5. The lowest BCUT2D eigenvalue weighted by Gasteiger charge is -2.35. The highest BCUT2D eigenvalue weighted by molar-refractivity contribution is 5.76. The predicted molar refractivity (Wildman–Crippen MR) is 112 cm³/mol. The third kappa shape index (κ3) is 4.62. The Morgan fingerprint density at radius 3 is 2.55 bits per heavy atom. The molecular weight excluding hydrogens is 364 g/mol. The molecule has 7 nitrogen and oxygen atoms in total. The molecule has 1 aliphatic rings. The van der Waals surface area contributed by atoms with E-state index >= 15 is 0 Å². The fourth-order valence-electron chi connectivity index (χ4n) is 3.69. The van der Waals surface area contributed by atoms with Gasteiger partial charge in [0, 0.05) is 51.1 Å². The highest BCUT2D eigenvalue weighted by Crippen LogP contribution is 2.18. The largest absolute Gasteiger partial charge is 0.353 e. The second-order valence-corrected chi connectivity index (χ2v) is 7.46. The molecule has 0 aliphatic carbocycles. The molecule has 7 heteroatoms. The number of carbonyl (C=O) groups excluding carboxylic acids is 1. The van der Waals surface area contributed by atoms with Gasteiger partial charge in [-0.3, -0.25) is 9.36 Å². The summed E-state index contributed by atoms with van der Waals surface area (Å²) in [5.41, 5.74) is 2.46. The predicted octanol–water partition coefficient (Wildman–Crippen LogP) is 2.56. The van der Waals surface area contributed by atoms with E-state index in [4.69, 9.17) is 0 Å². The summed E-state index contributed by atoms with van der Waals surface area (Å²) in [6, 6.07) is 10.4. The van der Waals surface area contributed by atoms with Crippen LogP contribution in [-0.4, -0.2) is 56.5 Å². The Morgan fingerprint density at radius 2 is 1.83 bits per heavy atom. The number of piperazine rings is 1. The minimum Gasteiger partial charge on any atom is -0.353 e. The molecule has 0 bridgehead atoms. The monoisotopic (exact) mass is 390 g/mol. The molecule has 1 aliphatic heterocycles. The first kappa shape index (κ1) is 19.1. The number of amides is 1. The lowest BCUT2D eigenvalue weighted by Crippen LogP contribution is -2.49. The van der Waals surface area contributed by atoms with Crippen molar-refractivity contribution in [1.29, 1.82) is 0 Å². The van der Waals surface area contributed by atoms with Crippen LogP contribution in [-0.2, 0) is 11.2 Å². The third-order valence-electron chi connectivity index (χ3n) is 5.25. The van der Waals surface area contributed by atoms with E-state index < -0.39 is 0 Å². The molecule has 0 saturated carbocycles. The number of benzene rings is 1. The summed E-state index contributed by atoms with van der Waals surface area (Å²) >= 11 is 0. The number of anilines is 1. The van der Waals surface area contributed by atoms with Gasteiger partial charge in [-0.15, -0.1) is 0 Å². The molecule has 3 heterocycles. The maximum atomic E-state index is 12.6. The van der Waals surface area contributed by atoms with Crippen molar-refractivity contribution < 1.29 is 4.79 Å². The van der Waals surface area contributed by atoms with Crippen molar-refractivity contribution in [2.75, 3.05) is 31.1 Å². The highest BCUT2D eigenvalue weighted by Gasteiger charge is 2.22. The van der Waals surface area contributed by atoms with Gasteiger partial charge in [-0.25, -0.2) is 15.0 Å². The van der Waals surface area contributed by atoms with Crippen molar-refractivity contribution >= 4 is 11.7 Å². The first-order valence-corrected chi connectivity index (χ1v) is 10.0. The van der Waals surface area contributed by atoms with Crippen molar-refractivity contribution in [3.63, 3.8) is 0 Å². The van der Waals surface area contributed by atoms with Gasteiger partial charge in [0.25, 0.3) is 0 Å². The lowest BCUT2D eigenvalue weighted by atomic mass is 10.1. The Hall–Kier alpha value is -3.22. The zero-order chi connectivity index (χ0) is 20.2. The molecule has 0 N–H and O–H groups in total. The van der Waals surface area contributed by atoms with Crippen LogP contribution in [0.2, 0.25) is 0 Å². The van der Waals surface area contributed by atoms with E-state index in [0.29, 0.717) is 6.42 Å². The maximum Gasteiger partial charge on any atom is 0.223 e. The van der Waals surface area contributed by atoms with Crippen molar-refractivity contribution in [3.8, 4) is 5.82 Å². The molecule has 150 valence electrons. The van der Waals surface area contributed by atoms with E-state index in [-0.39, 0.29) is 5.91 Å². The third-order valence-corrected chi connectivity index (χ3v) is 5.25. The van der Waals surface area contributed by atoms with E-state index in [2.05, 4.69) is 51.0 Å². The van der Waals surface area contributed by atoms with Gasteiger partial charge in [-0.05, 0) is 25.8 Å². The Kier molecular flexibility index (Phi) is 5.55. The molecule has 1 amide bonds. The summed E-state index contributed by atoms with van der Waals surface area (Å²) < 4.78 is 1.88. The van der Waals surface area contributed by atoms with E-state index in [9.17, 15) is 4.79 Å². The minimum absolute atomic E-state index is 0.226. The van der Waals surface area contributed by atoms with Crippen LogP contribution in [0.15, 0.2) is 49.1 Å². The molecule has 0 atom stereocenters. The fraction of sp³-hybridized carbons (Fsp3) is 0.364. The molecule has 0 radical (unpaired) electrons. The van der Waals surface area contributed by atoms with E-state index in [1.165, 1.54) is 11.1 Å². The van der Waals surface area contributed by atoms with Crippen LogP contribution in [0.4, 0.5) is 5.82 Å². The van der Waals surface area contributed by atoms with Crippen LogP contribution >= 0.6 is 0 Å². The summed E-state index contributed by atoms with van der Waals surface area (Å²) in [5.74, 6) is 2.65. The Balaban J connectivity index is 1.35. The molecule has 0 unspecified atom stereocenters. The van der Waals surface area contributed by atoms with E-state index in [1.807, 2.05) is 28.7 Å². The Labute approximate surface area is 171 Å². The number of nitrogens with zero attached hydrogens (tertiary/aromatic N) is 6. The topological polar surface area (TPSA) is 67.2 Å². The first-order valence-electron chi connectivity index (χ1n) is 10.0. The Bertz CT molecular complexity index is 977. The first-order chi connectivity index (χ1) is 14.1. The zero-order valence-electron chi connectivity index (χ0n) is 17.0. The summed E-state index contributed by atoms with van der Waals surface area (Å²) in [6.07, 6.45) is 6.69. The molecule has 29 heavy (non-hydrogen) atoms. The number of imidazole rings is 1. The van der Waals surface area contributed by atoms with Crippen molar-refractivity contribution in [3.05, 3.63) is 66.0 Å². The molecule has 1 aromatic carbocycles. The van der Waals surface area contributed by atoms with Crippen molar-refractivity contribution in [2.24, 2.45) is 0 Å². The summed E-state index contributed by atoms with van der Waals surface area (Å²) in [5, 5.41) is 0. The van der Waals surface area contributed by atoms with Gasteiger partial charge in [-0.2, -0.15) is 0 Å². The fourth-order valence-corrected chi connectivity index (χ4v) is 3.69. The second-order valence-electron chi connectivity index (χ2n) is 7.46. The second kappa shape index (κ2) is 8.43. The van der Waals surface area contributed by atoms with Gasteiger partial charge in [-0.1, -0.05) is 29.8 Å². The number of aryl methyl sites for hydroxylation is 3. The van der Waals surface area contributed by atoms with Gasteiger partial charge in [0.2, 0.25) is 5.91 Å². The maximum absolute atomic E-state index is 12.6. The number of hydrogen-bond donors (Lipinski definition) is 0. The van der Waals surface area contributed by atoms with Crippen LogP contribution in [0.3, 0.4) is 0 Å². The van der Waals surface area contributed by atoms with Gasteiger partial charge < -0.3 is 9.80 Å². The smallest absolute Gasteiger partial charge is 0.223 e. The standard InChI is InChI=1S/C22H26N6O/c1-17-4-3-5-19(14-17)6-7-22(29)27-12-10-26(11-13-27)20-15-21(25-18(2)24-20)28-9-8-23-16-28/h3-5,8-9,14-16H,6-7,10-13H2,1-2H3. The highest BCUT2D eigenvalue weighted by atomic mass is 16.2. The molecule has 1 saturated heterocycles.